The smallest absolute Gasteiger partial charge is 0.0432 e. The summed E-state index contributed by atoms with van der Waals surface area (Å²) in [4.78, 5) is 2.47. The third kappa shape index (κ3) is 2.97. The molecule has 0 aromatic heterocycles. The second kappa shape index (κ2) is 5.86. The fourth-order valence-electron chi connectivity index (χ4n) is 2.58. The van der Waals surface area contributed by atoms with E-state index in [-0.39, 0.29) is 0 Å². The Balaban J connectivity index is 1.91. The van der Waals surface area contributed by atoms with E-state index in [0.717, 1.165) is 17.1 Å². The fraction of sp³-hybridized carbons (Fsp3) is 0.294. The Hall–Kier alpha value is -1.51. The van der Waals surface area contributed by atoms with Gasteiger partial charge in [-0.3, -0.25) is 0 Å². The molecule has 0 saturated heterocycles. The molecule has 2 aromatic carbocycles. The van der Waals surface area contributed by atoms with Crippen molar-refractivity contribution in [3.63, 3.8) is 0 Å². The standard InChI is InChI=1S/C17H19ClN2/c18-15-6-9-17(14(10-15)11-19)20(16-7-8-16)12-13-4-2-1-3-5-13/h1-6,9-10,16H,7-8,11-12,19H2. The molecular weight excluding hydrogens is 268 g/mol. The SMILES string of the molecule is NCc1cc(Cl)ccc1N(Cc1ccccc1)C1CC1. The Morgan fingerprint density at radius 3 is 2.50 bits per heavy atom. The lowest BCUT2D eigenvalue weighted by atomic mass is 10.1. The molecule has 1 saturated carbocycles. The van der Waals surface area contributed by atoms with Crippen LogP contribution < -0.4 is 10.6 Å². The second-order valence-corrected chi connectivity index (χ2v) is 5.76. The van der Waals surface area contributed by atoms with Gasteiger partial charge < -0.3 is 10.6 Å². The normalized spacial score (nSPS) is 14.3. The van der Waals surface area contributed by atoms with Crippen LogP contribution >= 0.6 is 11.6 Å². The van der Waals surface area contributed by atoms with E-state index in [0.29, 0.717) is 12.6 Å². The Labute approximate surface area is 125 Å². The molecule has 1 fully saturated rings. The summed E-state index contributed by atoms with van der Waals surface area (Å²) in [5, 5.41) is 0.754. The maximum atomic E-state index is 6.08. The highest BCUT2D eigenvalue weighted by atomic mass is 35.5. The summed E-state index contributed by atoms with van der Waals surface area (Å²) in [6.45, 7) is 1.45. The molecule has 0 atom stereocenters. The first-order valence-electron chi connectivity index (χ1n) is 7.07. The Bertz CT molecular complexity index is 579. The van der Waals surface area contributed by atoms with E-state index in [2.05, 4.69) is 41.3 Å². The van der Waals surface area contributed by atoms with E-state index in [1.165, 1.54) is 24.1 Å². The van der Waals surface area contributed by atoms with E-state index in [9.17, 15) is 0 Å². The van der Waals surface area contributed by atoms with Gasteiger partial charge in [-0.1, -0.05) is 41.9 Å². The van der Waals surface area contributed by atoms with Gasteiger partial charge in [0.05, 0.1) is 0 Å². The van der Waals surface area contributed by atoms with E-state index < -0.39 is 0 Å². The lowest BCUT2D eigenvalue weighted by Gasteiger charge is -2.27. The quantitative estimate of drug-likeness (QED) is 0.901. The van der Waals surface area contributed by atoms with E-state index in [4.69, 9.17) is 17.3 Å². The lowest BCUT2D eigenvalue weighted by Crippen LogP contribution is -2.26. The monoisotopic (exact) mass is 286 g/mol. The fourth-order valence-corrected chi connectivity index (χ4v) is 2.77. The largest absolute Gasteiger partial charge is 0.364 e. The highest BCUT2D eigenvalue weighted by Crippen LogP contribution is 2.35. The Morgan fingerprint density at radius 2 is 1.85 bits per heavy atom. The molecule has 2 nitrogen and oxygen atoms in total. The number of anilines is 1. The van der Waals surface area contributed by atoms with E-state index in [1.54, 1.807) is 0 Å². The zero-order valence-corrected chi connectivity index (χ0v) is 12.2. The molecule has 3 heteroatoms. The summed E-state index contributed by atoms with van der Waals surface area (Å²) in [5.74, 6) is 0. The van der Waals surface area contributed by atoms with Crippen molar-refractivity contribution in [2.75, 3.05) is 4.90 Å². The van der Waals surface area contributed by atoms with Crippen LogP contribution in [0.1, 0.15) is 24.0 Å². The van der Waals surface area contributed by atoms with Crippen LogP contribution in [-0.2, 0) is 13.1 Å². The van der Waals surface area contributed by atoms with Gasteiger partial charge in [0.2, 0.25) is 0 Å². The number of rotatable bonds is 5. The maximum Gasteiger partial charge on any atom is 0.0432 e. The Morgan fingerprint density at radius 1 is 1.10 bits per heavy atom. The minimum Gasteiger partial charge on any atom is -0.364 e. The lowest BCUT2D eigenvalue weighted by molar-refractivity contribution is 0.786. The first-order valence-corrected chi connectivity index (χ1v) is 7.45. The van der Waals surface area contributed by atoms with Crippen molar-refractivity contribution in [1.82, 2.24) is 0 Å². The van der Waals surface area contributed by atoms with Crippen LogP contribution in [0.5, 0.6) is 0 Å². The second-order valence-electron chi connectivity index (χ2n) is 5.32. The van der Waals surface area contributed by atoms with Gasteiger partial charge in [0, 0.05) is 29.8 Å². The first kappa shape index (κ1) is 13.5. The van der Waals surface area contributed by atoms with Crippen LogP contribution in [0.2, 0.25) is 5.02 Å². The average molecular weight is 287 g/mol. The molecule has 20 heavy (non-hydrogen) atoms. The molecule has 1 aliphatic carbocycles. The van der Waals surface area contributed by atoms with Gasteiger partial charge in [-0.2, -0.15) is 0 Å². The Kier molecular flexibility index (Phi) is 3.95. The summed E-state index contributed by atoms with van der Waals surface area (Å²) < 4.78 is 0. The van der Waals surface area contributed by atoms with Crippen molar-refractivity contribution in [3.8, 4) is 0 Å². The molecule has 0 radical (unpaired) electrons. The molecule has 0 unspecified atom stereocenters. The van der Waals surface area contributed by atoms with Crippen molar-refractivity contribution in [3.05, 3.63) is 64.7 Å². The first-order chi connectivity index (χ1) is 9.78. The third-order valence-electron chi connectivity index (χ3n) is 3.75. The molecule has 2 N–H and O–H groups in total. The van der Waals surface area contributed by atoms with Crippen molar-refractivity contribution in [2.45, 2.75) is 32.0 Å². The summed E-state index contributed by atoms with van der Waals surface area (Å²) in [7, 11) is 0. The summed E-state index contributed by atoms with van der Waals surface area (Å²) in [5.41, 5.74) is 9.57. The predicted molar refractivity (Wildman–Crippen MR) is 85.0 cm³/mol. The molecule has 0 aliphatic heterocycles. The zero-order valence-electron chi connectivity index (χ0n) is 11.4. The molecule has 0 amide bonds. The molecule has 0 bridgehead atoms. The highest BCUT2D eigenvalue weighted by molar-refractivity contribution is 6.30. The van der Waals surface area contributed by atoms with Crippen LogP contribution in [0.25, 0.3) is 0 Å². The van der Waals surface area contributed by atoms with Crippen molar-refractivity contribution in [2.24, 2.45) is 5.73 Å². The molecule has 104 valence electrons. The van der Waals surface area contributed by atoms with Crippen molar-refractivity contribution < 1.29 is 0 Å². The average Bonchev–Trinajstić information content (AvgIpc) is 3.31. The zero-order chi connectivity index (χ0) is 13.9. The molecule has 0 spiro atoms. The van der Waals surface area contributed by atoms with Gasteiger partial charge in [-0.15, -0.1) is 0 Å². The van der Waals surface area contributed by atoms with Crippen LogP contribution in [0.15, 0.2) is 48.5 Å². The van der Waals surface area contributed by atoms with Crippen LogP contribution in [0, 0.1) is 0 Å². The maximum absolute atomic E-state index is 6.08. The van der Waals surface area contributed by atoms with E-state index >= 15 is 0 Å². The molecular formula is C17H19ClN2. The minimum absolute atomic E-state index is 0.522. The molecule has 0 heterocycles. The van der Waals surface area contributed by atoms with Crippen LogP contribution in [-0.4, -0.2) is 6.04 Å². The molecule has 3 rings (SSSR count). The minimum atomic E-state index is 0.522. The number of hydrogen-bond donors (Lipinski definition) is 1. The van der Waals surface area contributed by atoms with Gasteiger partial charge in [0.25, 0.3) is 0 Å². The number of hydrogen-bond acceptors (Lipinski definition) is 2. The topological polar surface area (TPSA) is 29.3 Å². The van der Waals surface area contributed by atoms with Gasteiger partial charge in [0.1, 0.15) is 0 Å². The number of nitrogens with two attached hydrogens (primary N) is 1. The number of nitrogens with zero attached hydrogens (tertiary/aromatic N) is 1. The van der Waals surface area contributed by atoms with Gasteiger partial charge in [0.15, 0.2) is 0 Å². The van der Waals surface area contributed by atoms with Crippen molar-refractivity contribution >= 4 is 17.3 Å². The van der Waals surface area contributed by atoms with Crippen LogP contribution in [0.4, 0.5) is 5.69 Å². The third-order valence-corrected chi connectivity index (χ3v) is 3.99. The summed E-state index contributed by atoms with van der Waals surface area (Å²) in [6, 6.07) is 17.3. The van der Waals surface area contributed by atoms with E-state index in [1.807, 2.05) is 12.1 Å². The van der Waals surface area contributed by atoms with Gasteiger partial charge >= 0.3 is 0 Å². The molecule has 2 aromatic rings. The van der Waals surface area contributed by atoms with Crippen molar-refractivity contribution in [1.29, 1.82) is 0 Å². The van der Waals surface area contributed by atoms with Gasteiger partial charge in [-0.05, 0) is 42.2 Å². The summed E-state index contributed by atoms with van der Waals surface area (Å²) in [6.07, 6.45) is 2.53. The predicted octanol–water partition coefficient (Wildman–Crippen LogP) is 3.97. The van der Waals surface area contributed by atoms with Crippen LogP contribution in [0.3, 0.4) is 0 Å². The highest BCUT2D eigenvalue weighted by Gasteiger charge is 2.30. The molecule has 1 aliphatic rings. The van der Waals surface area contributed by atoms with Gasteiger partial charge in [-0.25, -0.2) is 0 Å². The summed E-state index contributed by atoms with van der Waals surface area (Å²) >= 11 is 6.08. The number of halogens is 1. The number of benzene rings is 2.